The summed E-state index contributed by atoms with van der Waals surface area (Å²) in [5, 5.41) is 2.80. The van der Waals surface area contributed by atoms with Crippen LogP contribution in [0.5, 0.6) is 11.5 Å². The van der Waals surface area contributed by atoms with Gasteiger partial charge in [-0.1, -0.05) is 12.1 Å². The van der Waals surface area contributed by atoms with Gasteiger partial charge in [-0.2, -0.15) is 0 Å². The number of hydrogen-bond donors (Lipinski definition) is 1. The summed E-state index contributed by atoms with van der Waals surface area (Å²) >= 11 is 0. The molecule has 5 heteroatoms. The lowest BCUT2D eigenvalue weighted by Gasteiger charge is -2.23. The zero-order chi connectivity index (χ0) is 14.5. The molecular weight excluding hydrogens is 256 g/mol. The van der Waals surface area contributed by atoms with E-state index in [9.17, 15) is 4.79 Å². The molecule has 20 heavy (non-hydrogen) atoms. The number of fused-ring (bicyclic) bond motifs is 1. The average Bonchev–Trinajstić information content (AvgIpc) is 2.91. The van der Waals surface area contributed by atoms with Crippen molar-refractivity contribution in [1.82, 2.24) is 10.2 Å². The lowest BCUT2D eigenvalue weighted by atomic mass is 10.1. The van der Waals surface area contributed by atoms with Crippen LogP contribution in [0.15, 0.2) is 30.9 Å². The number of carbonyl (C=O) groups is 1. The van der Waals surface area contributed by atoms with Gasteiger partial charge < -0.3 is 14.8 Å². The van der Waals surface area contributed by atoms with E-state index >= 15 is 0 Å². The highest BCUT2D eigenvalue weighted by molar-refractivity contribution is 5.81. The lowest BCUT2D eigenvalue weighted by molar-refractivity contribution is -0.125. The molecule has 0 saturated carbocycles. The third-order valence-corrected chi connectivity index (χ3v) is 3.33. The Bertz CT molecular complexity index is 502. The zero-order valence-corrected chi connectivity index (χ0v) is 11.9. The van der Waals surface area contributed by atoms with Crippen LogP contribution in [0.3, 0.4) is 0 Å². The van der Waals surface area contributed by atoms with E-state index in [1.54, 1.807) is 6.08 Å². The summed E-state index contributed by atoms with van der Waals surface area (Å²) in [5.74, 6) is 1.53. The van der Waals surface area contributed by atoms with Gasteiger partial charge in [-0.25, -0.2) is 0 Å². The zero-order valence-electron chi connectivity index (χ0n) is 11.9. The van der Waals surface area contributed by atoms with Gasteiger partial charge in [0.25, 0.3) is 0 Å². The molecule has 1 aliphatic heterocycles. The number of nitrogens with zero attached hydrogens (tertiary/aromatic N) is 1. The first-order valence-electron chi connectivity index (χ1n) is 6.59. The summed E-state index contributed by atoms with van der Waals surface area (Å²) in [5.41, 5.74) is 1.08. The van der Waals surface area contributed by atoms with Gasteiger partial charge in [-0.15, -0.1) is 6.58 Å². The highest BCUT2D eigenvalue weighted by atomic mass is 16.7. The van der Waals surface area contributed by atoms with Crippen molar-refractivity contribution in [2.75, 3.05) is 20.4 Å². The van der Waals surface area contributed by atoms with Crippen LogP contribution in [-0.4, -0.2) is 37.2 Å². The molecule has 0 spiro atoms. The van der Waals surface area contributed by atoms with Crippen LogP contribution in [0.2, 0.25) is 0 Å². The number of rotatable bonds is 6. The minimum atomic E-state index is -0.208. The monoisotopic (exact) mass is 276 g/mol. The molecule has 0 aromatic heterocycles. The minimum Gasteiger partial charge on any atom is -0.454 e. The van der Waals surface area contributed by atoms with E-state index in [0.717, 1.165) is 17.1 Å². The predicted octanol–water partition coefficient (Wildman–Crippen LogP) is 1.54. The van der Waals surface area contributed by atoms with Crippen molar-refractivity contribution in [3.63, 3.8) is 0 Å². The molecule has 1 atom stereocenters. The average molecular weight is 276 g/mol. The molecule has 108 valence electrons. The predicted molar refractivity (Wildman–Crippen MR) is 76.7 cm³/mol. The van der Waals surface area contributed by atoms with Crippen molar-refractivity contribution < 1.29 is 14.3 Å². The van der Waals surface area contributed by atoms with Gasteiger partial charge in [0.05, 0.1) is 6.04 Å². The Morgan fingerprint density at radius 1 is 1.50 bits per heavy atom. The first-order chi connectivity index (χ1) is 9.61. The molecule has 0 aliphatic carbocycles. The number of ether oxygens (including phenoxy) is 2. The second kappa shape index (κ2) is 6.43. The molecular formula is C15H20N2O3. The van der Waals surface area contributed by atoms with E-state index in [2.05, 4.69) is 11.9 Å². The Kier molecular flexibility index (Phi) is 4.63. The second-order valence-corrected chi connectivity index (χ2v) is 4.81. The van der Waals surface area contributed by atoms with Gasteiger partial charge in [0.15, 0.2) is 11.5 Å². The Morgan fingerprint density at radius 2 is 2.25 bits per heavy atom. The quantitative estimate of drug-likeness (QED) is 0.801. The molecule has 1 unspecified atom stereocenters. The maximum absolute atomic E-state index is 11.9. The Balaban J connectivity index is 1.95. The normalized spacial score (nSPS) is 14.2. The molecule has 0 fully saturated rings. The Morgan fingerprint density at radius 3 is 3.00 bits per heavy atom. The van der Waals surface area contributed by atoms with Crippen LogP contribution < -0.4 is 14.8 Å². The van der Waals surface area contributed by atoms with Crippen LogP contribution in [0.4, 0.5) is 0 Å². The Hall–Kier alpha value is -2.01. The third kappa shape index (κ3) is 3.30. The molecule has 0 saturated heterocycles. The van der Waals surface area contributed by atoms with Crippen LogP contribution >= 0.6 is 0 Å². The van der Waals surface area contributed by atoms with Crippen LogP contribution in [0, 0.1) is 0 Å². The summed E-state index contributed by atoms with van der Waals surface area (Å²) in [6.45, 7) is 6.89. The molecule has 1 heterocycles. The van der Waals surface area contributed by atoms with Crippen molar-refractivity contribution >= 4 is 5.91 Å². The lowest BCUT2D eigenvalue weighted by Crippen LogP contribution is -2.42. The molecule has 0 bridgehead atoms. The van der Waals surface area contributed by atoms with Crippen LogP contribution in [0.25, 0.3) is 0 Å². The highest BCUT2D eigenvalue weighted by Crippen LogP contribution is 2.32. The summed E-state index contributed by atoms with van der Waals surface area (Å²) < 4.78 is 10.6. The fraction of sp³-hybridized carbons (Fsp3) is 0.400. The summed E-state index contributed by atoms with van der Waals surface area (Å²) in [7, 11) is 1.92. The van der Waals surface area contributed by atoms with E-state index < -0.39 is 0 Å². The smallest absolute Gasteiger partial charge is 0.237 e. The SMILES string of the molecule is C=CCNC(=O)C(C)N(C)Cc1ccc2c(c1)OCO2. The van der Waals surface area contributed by atoms with E-state index in [4.69, 9.17) is 9.47 Å². The largest absolute Gasteiger partial charge is 0.454 e. The van der Waals surface area contributed by atoms with Gasteiger partial charge in [0, 0.05) is 13.1 Å². The van der Waals surface area contributed by atoms with E-state index in [1.807, 2.05) is 37.1 Å². The number of benzene rings is 1. The number of nitrogens with one attached hydrogen (secondary N) is 1. The highest BCUT2D eigenvalue weighted by Gasteiger charge is 2.19. The van der Waals surface area contributed by atoms with Gasteiger partial charge in [-0.3, -0.25) is 9.69 Å². The maximum Gasteiger partial charge on any atom is 0.237 e. The molecule has 5 nitrogen and oxygen atoms in total. The number of carbonyl (C=O) groups excluding carboxylic acids is 1. The molecule has 1 aromatic rings. The van der Waals surface area contributed by atoms with E-state index in [-0.39, 0.29) is 18.7 Å². The molecule has 1 aliphatic rings. The van der Waals surface area contributed by atoms with Gasteiger partial charge in [0.1, 0.15) is 0 Å². The summed E-state index contributed by atoms with van der Waals surface area (Å²) in [6.07, 6.45) is 1.67. The molecule has 1 amide bonds. The number of likely N-dealkylation sites (N-methyl/N-ethyl adjacent to an activating group) is 1. The standard InChI is InChI=1S/C15H20N2O3/c1-4-7-16-15(18)11(2)17(3)9-12-5-6-13-14(8-12)20-10-19-13/h4-6,8,11H,1,7,9-10H2,2-3H3,(H,16,18). The third-order valence-electron chi connectivity index (χ3n) is 3.33. The van der Waals surface area contributed by atoms with Crippen molar-refractivity contribution in [2.45, 2.75) is 19.5 Å². The fourth-order valence-electron chi connectivity index (χ4n) is 1.98. The van der Waals surface area contributed by atoms with Crippen molar-refractivity contribution in [3.8, 4) is 11.5 Å². The topological polar surface area (TPSA) is 50.8 Å². The molecule has 1 aromatic carbocycles. The van der Waals surface area contributed by atoms with Crippen LogP contribution in [-0.2, 0) is 11.3 Å². The number of amides is 1. The van der Waals surface area contributed by atoms with E-state index in [1.165, 1.54) is 0 Å². The van der Waals surface area contributed by atoms with Crippen molar-refractivity contribution in [1.29, 1.82) is 0 Å². The fourth-order valence-corrected chi connectivity index (χ4v) is 1.98. The van der Waals surface area contributed by atoms with Crippen molar-refractivity contribution in [3.05, 3.63) is 36.4 Å². The van der Waals surface area contributed by atoms with Gasteiger partial charge in [0.2, 0.25) is 12.7 Å². The summed E-state index contributed by atoms with van der Waals surface area (Å²) in [6, 6.07) is 5.62. The molecule has 0 radical (unpaired) electrons. The van der Waals surface area contributed by atoms with E-state index in [0.29, 0.717) is 13.1 Å². The van der Waals surface area contributed by atoms with Crippen LogP contribution in [0.1, 0.15) is 12.5 Å². The first-order valence-corrected chi connectivity index (χ1v) is 6.59. The second-order valence-electron chi connectivity index (χ2n) is 4.81. The number of hydrogen-bond acceptors (Lipinski definition) is 4. The molecule has 1 N–H and O–H groups in total. The van der Waals surface area contributed by atoms with Gasteiger partial charge >= 0.3 is 0 Å². The minimum absolute atomic E-state index is 0.00635. The van der Waals surface area contributed by atoms with Gasteiger partial charge in [-0.05, 0) is 31.7 Å². The molecule has 2 rings (SSSR count). The first kappa shape index (κ1) is 14.4. The van der Waals surface area contributed by atoms with Crippen molar-refractivity contribution in [2.24, 2.45) is 0 Å². The summed E-state index contributed by atoms with van der Waals surface area (Å²) in [4.78, 5) is 13.9. The Labute approximate surface area is 119 Å². The maximum atomic E-state index is 11.9.